The van der Waals surface area contributed by atoms with Gasteiger partial charge >= 0.3 is 0 Å². The van der Waals surface area contributed by atoms with Crippen molar-refractivity contribution in [2.24, 2.45) is 0 Å². The van der Waals surface area contributed by atoms with Gasteiger partial charge in [-0.2, -0.15) is 5.26 Å². The molecule has 17 heavy (non-hydrogen) atoms. The van der Waals surface area contributed by atoms with E-state index in [1.54, 1.807) is 17.5 Å². The van der Waals surface area contributed by atoms with E-state index in [2.05, 4.69) is 28.6 Å². The van der Waals surface area contributed by atoms with Crippen molar-refractivity contribution in [1.29, 1.82) is 5.26 Å². The summed E-state index contributed by atoms with van der Waals surface area (Å²) in [6, 6.07) is 10.4. The van der Waals surface area contributed by atoms with Crippen LogP contribution in [-0.2, 0) is 6.54 Å². The zero-order valence-corrected chi connectivity index (χ0v) is 9.81. The number of benzene rings is 1. The van der Waals surface area contributed by atoms with Crippen molar-refractivity contribution in [3.8, 4) is 6.07 Å². The van der Waals surface area contributed by atoms with Crippen LogP contribution in [0, 0.1) is 11.3 Å². The molecular weight excluding hydrogens is 230 g/mol. The maximum Gasteiger partial charge on any atom is 0.213 e. The van der Waals surface area contributed by atoms with Gasteiger partial charge in [0.15, 0.2) is 0 Å². The lowest BCUT2D eigenvalue weighted by Crippen LogP contribution is -2.00. The third-order valence-electron chi connectivity index (χ3n) is 2.72. The molecule has 0 amide bonds. The van der Waals surface area contributed by atoms with Gasteiger partial charge in [-0.25, -0.2) is 4.98 Å². The molecule has 2 heterocycles. The lowest BCUT2D eigenvalue weighted by molar-refractivity contribution is 0.789. The molecule has 0 fully saturated rings. The quantitative estimate of drug-likeness (QED) is 0.689. The third kappa shape index (κ3) is 1.71. The van der Waals surface area contributed by atoms with Crippen LogP contribution in [0.1, 0.15) is 11.4 Å². The minimum Gasteiger partial charge on any atom is -0.318 e. The number of rotatable bonds is 2. The van der Waals surface area contributed by atoms with E-state index in [1.165, 1.54) is 15.6 Å². The summed E-state index contributed by atoms with van der Waals surface area (Å²) in [7, 11) is 0. The molecule has 0 aliphatic carbocycles. The van der Waals surface area contributed by atoms with Crippen LogP contribution in [0.3, 0.4) is 0 Å². The van der Waals surface area contributed by atoms with Crippen LogP contribution in [-0.4, -0.2) is 9.55 Å². The molecule has 3 aromatic rings. The van der Waals surface area contributed by atoms with Crippen LogP contribution in [0.5, 0.6) is 0 Å². The SMILES string of the molecule is N#Cc1nccn1Cc1csc2ccccc12. The fourth-order valence-electron chi connectivity index (χ4n) is 1.89. The number of aromatic nitrogens is 2. The summed E-state index contributed by atoms with van der Waals surface area (Å²) in [6.45, 7) is 0.701. The fourth-order valence-corrected chi connectivity index (χ4v) is 2.84. The second kappa shape index (κ2) is 4.04. The van der Waals surface area contributed by atoms with Crippen molar-refractivity contribution in [3.05, 3.63) is 53.4 Å². The number of imidazole rings is 1. The molecule has 0 spiro atoms. The van der Waals surface area contributed by atoms with Crippen molar-refractivity contribution >= 4 is 21.4 Å². The zero-order valence-electron chi connectivity index (χ0n) is 9.00. The van der Waals surface area contributed by atoms with E-state index in [4.69, 9.17) is 5.26 Å². The van der Waals surface area contributed by atoms with E-state index in [1.807, 2.05) is 22.9 Å². The number of thiophene rings is 1. The molecule has 2 aromatic heterocycles. The van der Waals surface area contributed by atoms with E-state index in [0.717, 1.165) is 0 Å². The molecule has 1 aromatic carbocycles. The number of nitrogens with zero attached hydrogens (tertiary/aromatic N) is 3. The molecule has 3 rings (SSSR count). The normalized spacial score (nSPS) is 10.5. The molecule has 0 aliphatic rings. The van der Waals surface area contributed by atoms with Crippen LogP contribution in [0.4, 0.5) is 0 Å². The number of hydrogen-bond donors (Lipinski definition) is 0. The Bertz CT molecular complexity index is 703. The minimum absolute atomic E-state index is 0.459. The highest BCUT2D eigenvalue weighted by Crippen LogP contribution is 2.26. The summed E-state index contributed by atoms with van der Waals surface area (Å²) in [4.78, 5) is 4.00. The first-order valence-electron chi connectivity index (χ1n) is 5.25. The lowest BCUT2D eigenvalue weighted by atomic mass is 10.2. The van der Waals surface area contributed by atoms with Crippen LogP contribution >= 0.6 is 11.3 Å². The Labute approximate surface area is 103 Å². The molecule has 0 radical (unpaired) electrons. The summed E-state index contributed by atoms with van der Waals surface area (Å²) in [6.07, 6.45) is 3.50. The number of nitriles is 1. The van der Waals surface area contributed by atoms with Gasteiger partial charge < -0.3 is 4.57 Å². The van der Waals surface area contributed by atoms with E-state index >= 15 is 0 Å². The third-order valence-corrected chi connectivity index (χ3v) is 3.73. The zero-order chi connectivity index (χ0) is 11.7. The minimum atomic E-state index is 0.459. The topological polar surface area (TPSA) is 41.6 Å². The van der Waals surface area contributed by atoms with Crippen molar-refractivity contribution in [1.82, 2.24) is 9.55 Å². The van der Waals surface area contributed by atoms with Gasteiger partial charge in [-0.3, -0.25) is 0 Å². The monoisotopic (exact) mass is 239 g/mol. The maximum atomic E-state index is 8.92. The first-order chi connectivity index (χ1) is 8.38. The van der Waals surface area contributed by atoms with Gasteiger partial charge in [0.1, 0.15) is 6.07 Å². The molecule has 0 saturated heterocycles. The fraction of sp³-hybridized carbons (Fsp3) is 0.0769. The van der Waals surface area contributed by atoms with Crippen LogP contribution in [0.2, 0.25) is 0 Å². The van der Waals surface area contributed by atoms with Crippen LogP contribution in [0.15, 0.2) is 42.0 Å². The highest BCUT2D eigenvalue weighted by Gasteiger charge is 2.06. The predicted octanol–water partition coefficient (Wildman–Crippen LogP) is 3.02. The van der Waals surface area contributed by atoms with Crippen molar-refractivity contribution < 1.29 is 0 Å². The summed E-state index contributed by atoms with van der Waals surface area (Å²) < 4.78 is 3.15. The largest absolute Gasteiger partial charge is 0.318 e. The maximum absolute atomic E-state index is 8.92. The molecular formula is C13H9N3S. The van der Waals surface area contributed by atoms with Gasteiger partial charge in [-0.1, -0.05) is 18.2 Å². The standard InChI is InChI=1S/C13H9N3S/c14-7-13-15-5-6-16(13)8-10-9-17-12-4-2-1-3-11(10)12/h1-6,9H,8H2. The highest BCUT2D eigenvalue weighted by atomic mass is 32.1. The Morgan fingerprint density at radius 3 is 3.12 bits per heavy atom. The average molecular weight is 239 g/mol. The van der Waals surface area contributed by atoms with Gasteiger partial charge in [0.2, 0.25) is 5.82 Å². The molecule has 0 atom stereocenters. The Kier molecular flexibility index (Phi) is 2.39. The first-order valence-corrected chi connectivity index (χ1v) is 6.13. The Hall–Kier alpha value is -2.12. The Balaban J connectivity index is 2.04. The molecule has 0 aliphatic heterocycles. The van der Waals surface area contributed by atoms with E-state index in [9.17, 15) is 0 Å². The number of hydrogen-bond acceptors (Lipinski definition) is 3. The molecule has 4 heteroatoms. The summed E-state index contributed by atoms with van der Waals surface area (Å²) in [5, 5.41) is 12.3. The smallest absolute Gasteiger partial charge is 0.213 e. The summed E-state index contributed by atoms with van der Waals surface area (Å²) in [5.41, 5.74) is 1.24. The molecule has 0 bridgehead atoms. The molecule has 82 valence electrons. The van der Waals surface area contributed by atoms with Gasteiger partial charge in [0, 0.05) is 17.1 Å². The average Bonchev–Trinajstić information content (AvgIpc) is 2.97. The molecule has 0 N–H and O–H groups in total. The van der Waals surface area contributed by atoms with Crippen LogP contribution < -0.4 is 0 Å². The van der Waals surface area contributed by atoms with Gasteiger partial charge in [0.25, 0.3) is 0 Å². The van der Waals surface area contributed by atoms with E-state index < -0.39 is 0 Å². The second-order valence-corrected chi connectivity index (χ2v) is 4.66. The first kappa shape index (κ1) is 10.1. The highest BCUT2D eigenvalue weighted by molar-refractivity contribution is 7.17. The Morgan fingerprint density at radius 2 is 2.24 bits per heavy atom. The van der Waals surface area contributed by atoms with Gasteiger partial charge in [-0.15, -0.1) is 11.3 Å². The van der Waals surface area contributed by atoms with Gasteiger partial charge in [-0.05, 0) is 22.4 Å². The predicted molar refractivity (Wildman–Crippen MR) is 67.9 cm³/mol. The molecule has 0 saturated carbocycles. The molecule has 0 unspecified atom stereocenters. The lowest BCUT2D eigenvalue weighted by Gasteiger charge is -2.02. The van der Waals surface area contributed by atoms with Crippen molar-refractivity contribution in [3.63, 3.8) is 0 Å². The van der Waals surface area contributed by atoms with Crippen LogP contribution in [0.25, 0.3) is 10.1 Å². The van der Waals surface area contributed by atoms with E-state index in [0.29, 0.717) is 12.4 Å². The van der Waals surface area contributed by atoms with Crippen molar-refractivity contribution in [2.45, 2.75) is 6.54 Å². The summed E-state index contributed by atoms with van der Waals surface area (Å²) in [5.74, 6) is 0.459. The number of fused-ring (bicyclic) bond motifs is 1. The Morgan fingerprint density at radius 1 is 1.35 bits per heavy atom. The van der Waals surface area contributed by atoms with E-state index in [-0.39, 0.29) is 0 Å². The molecule has 3 nitrogen and oxygen atoms in total. The second-order valence-electron chi connectivity index (χ2n) is 3.75. The van der Waals surface area contributed by atoms with Gasteiger partial charge in [0.05, 0.1) is 6.54 Å². The van der Waals surface area contributed by atoms with Crippen molar-refractivity contribution in [2.75, 3.05) is 0 Å². The summed E-state index contributed by atoms with van der Waals surface area (Å²) >= 11 is 1.73.